The minimum Gasteiger partial charge on any atom is -0.493 e. The quantitative estimate of drug-likeness (QED) is 0.443. The van der Waals surface area contributed by atoms with Gasteiger partial charge in [-0.25, -0.2) is 0 Å². The van der Waals surface area contributed by atoms with E-state index >= 15 is 0 Å². The monoisotopic (exact) mass is 466 g/mol. The number of para-hydroxylation sites is 2. The van der Waals surface area contributed by atoms with E-state index in [1.54, 1.807) is 36.9 Å². The van der Waals surface area contributed by atoms with Gasteiger partial charge in [0.2, 0.25) is 0 Å². The number of rotatable bonds is 9. The molecule has 1 N–H and O–H groups in total. The zero-order valence-electron chi connectivity index (χ0n) is 18.1. The summed E-state index contributed by atoms with van der Waals surface area (Å²) in [6, 6.07) is 12.7. The predicted molar refractivity (Wildman–Crippen MR) is 128 cm³/mol. The van der Waals surface area contributed by atoms with E-state index in [4.69, 9.17) is 24.4 Å². The highest BCUT2D eigenvalue weighted by molar-refractivity contribution is 8.25. The van der Waals surface area contributed by atoms with Crippen LogP contribution in [0.25, 0.3) is 6.08 Å². The molecule has 0 bridgehead atoms. The van der Waals surface area contributed by atoms with Gasteiger partial charge in [-0.05, 0) is 54.6 Å². The Morgan fingerprint density at radius 3 is 2.48 bits per heavy atom. The van der Waals surface area contributed by atoms with Gasteiger partial charge in [0.05, 0.1) is 24.8 Å². The van der Waals surface area contributed by atoms with E-state index < -0.39 is 5.91 Å². The third-order valence-corrected chi connectivity index (χ3v) is 5.32. The zero-order chi connectivity index (χ0) is 23.2. The molecule has 1 amide bonds. The van der Waals surface area contributed by atoms with Crippen molar-refractivity contribution in [2.75, 3.05) is 26.9 Å². The number of thioether (sulfide) groups is 1. The number of amidine groups is 2. The van der Waals surface area contributed by atoms with E-state index in [1.165, 1.54) is 16.8 Å². The van der Waals surface area contributed by atoms with Crippen LogP contribution in [0.15, 0.2) is 58.1 Å². The summed E-state index contributed by atoms with van der Waals surface area (Å²) in [5.41, 5.74) is 2.37. The van der Waals surface area contributed by atoms with Crippen LogP contribution >= 0.6 is 11.8 Å². The lowest BCUT2D eigenvalue weighted by Crippen LogP contribution is -2.35. The smallest absolute Gasteiger partial charge is 0.283 e. The standard InChI is InChI=1S/C23H22N4O5S/c1-3-30-20-13-15(12-16-21(24)27-23(26-22(16)28)33-14-25-27)8-9-19(20)32-11-10-31-18-7-5-4-6-17(18)29-2/h4-9,12-14,24H,3,10-11H2,1-2H3. The van der Waals surface area contributed by atoms with E-state index in [-0.39, 0.29) is 11.4 Å². The van der Waals surface area contributed by atoms with Gasteiger partial charge in [0.1, 0.15) is 13.2 Å². The van der Waals surface area contributed by atoms with E-state index in [0.717, 1.165) is 0 Å². The molecule has 0 radical (unpaired) electrons. The lowest BCUT2D eigenvalue weighted by atomic mass is 10.1. The molecule has 0 unspecified atom stereocenters. The molecular formula is C23H22N4O5S. The summed E-state index contributed by atoms with van der Waals surface area (Å²) < 4.78 is 22.6. The molecule has 0 spiro atoms. The molecular weight excluding hydrogens is 444 g/mol. The van der Waals surface area contributed by atoms with E-state index in [2.05, 4.69) is 10.1 Å². The Hall–Kier alpha value is -3.79. The summed E-state index contributed by atoms with van der Waals surface area (Å²) in [5, 5.41) is 14.1. The second-order valence-corrected chi connectivity index (χ2v) is 7.56. The Morgan fingerprint density at radius 2 is 1.76 bits per heavy atom. The second-order valence-electron chi connectivity index (χ2n) is 6.74. The second kappa shape index (κ2) is 10.2. The highest BCUT2D eigenvalue weighted by Gasteiger charge is 2.32. The zero-order valence-corrected chi connectivity index (χ0v) is 18.9. The first-order valence-corrected chi connectivity index (χ1v) is 11.1. The molecule has 0 fully saturated rings. The molecule has 0 aromatic heterocycles. The van der Waals surface area contributed by atoms with Crippen LogP contribution in [0.4, 0.5) is 0 Å². The lowest BCUT2D eigenvalue weighted by molar-refractivity contribution is -0.114. The maximum Gasteiger partial charge on any atom is 0.283 e. The summed E-state index contributed by atoms with van der Waals surface area (Å²) in [6.45, 7) is 2.93. The van der Waals surface area contributed by atoms with Gasteiger partial charge in [0.15, 0.2) is 34.0 Å². The summed E-state index contributed by atoms with van der Waals surface area (Å²) in [7, 11) is 1.59. The van der Waals surface area contributed by atoms with Crippen LogP contribution in [0.5, 0.6) is 23.0 Å². The summed E-state index contributed by atoms with van der Waals surface area (Å²) in [6.07, 6.45) is 1.60. The molecule has 10 heteroatoms. The Morgan fingerprint density at radius 1 is 1.03 bits per heavy atom. The molecule has 2 aromatic carbocycles. The van der Waals surface area contributed by atoms with Gasteiger partial charge in [-0.15, -0.1) is 0 Å². The molecule has 2 aromatic rings. The van der Waals surface area contributed by atoms with Crippen molar-refractivity contribution in [2.24, 2.45) is 10.1 Å². The number of aliphatic imine (C=N–C) groups is 1. The molecule has 0 atom stereocenters. The first kappa shape index (κ1) is 22.4. The first-order valence-electron chi connectivity index (χ1n) is 10.2. The molecule has 9 nitrogen and oxygen atoms in total. The van der Waals surface area contributed by atoms with Crippen LogP contribution in [-0.4, -0.2) is 54.4 Å². The summed E-state index contributed by atoms with van der Waals surface area (Å²) >= 11 is 1.20. The minimum absolute atomic E-state index is 0.0157. The van der Waals surface area contributed by atoms with Gasteiger partial charge in [-0.2, -0.15) is 15.1 Å². The minimum atomic E-state index is -0.476. The molecule has 0 saturated heterocycles. The van der Waals surface area contributed by atoms with Crippen LogP contribution < -0.4 is 18.9 Å². The largest absolute Gasteiger partial charge is 0.493 e. The highest BCUT2D eigenvalue weighted by atomic mass is 32.2. The fraction of sp³-hybridized carbons (Fsp3) is 0.217. The lowest BCUT2D eigenvalue weighted by Gasteiger charge is -2.20. The number of fused-ring (bicyclic) bond motifs is 1. The number of carbonyl (C=O) groups is 1. The Labute approximate surface area is 195 Å². The van der Waals surface area contributed by atoms with E-state index in [0.29, 0.717) is 53.5 Å². The van der Waals surface area contributed by atoms with Crippen molar-refractivity contribution in [3.8, 4) is 23.0 Å². The number of ether oxygens (including phenoxy) is 4. The molecule has 170 valence electrons. The average molecular weight is 467 g/mol. The third kappa shape index (κ3) is 5.01. The molecule has 33 heavy (non-hydrogen) atoms. The summed E-state index contributed by atoms with van der Waals surface area (Å²) in [5.74, 6) is 1.88. The fourth-order valence-corrected chi connectivity index (χ4v) is 3.76. The normalized spacial score (nSPS) is 16.0. The number of methoxy groups -OCH3 is 1. The number of amides is 1. The molecule has 0 saturated carbocycles. The van der Waals surface area contributed by atoms with Crippen LogP contribution in [0, 0.1) is 5.41 Å². The number of nitrogens with zero attached hydrogens (tertiary/aromatic N) is 3. The van der Waals surface area contributed by atoms with Gasteiger partial charge >= 0.3 is 0 Å². The molecule has 0 aliphatic carbocycles. The van der Waals surface area contributed by atoms with Crippen molar-refractivity contribution in [3.63, 3.8) is 0 Å². The third-order valence-electron chi connectivity index (χ3n) is 4.64. The summed E-state index contributed by atoms with van der Waals surface area (Å²) in [4.78, 5) is 16.4. The predicted octanol–water partition coefficient (Wildman–Crippen LogP) is 3.80. The first-order chi connectivity index (χ1) is 16.1. The van der Waals surface area contributed by atoms with Crippen molar-refractivity contribution in [2.45, 2.75) is 6.92 Å². The van der Waals surface area contributed by atoms with E-state index in [9.17, 15) is 4.79 Å². The van der Waals surface area contributed by atoms with Gasteiger partial charge in [-0.1, -0.05) is 18.2 Å². The maximum absolute atomic E-state index is 12.4. The average Bonchev–Trinajstić information content (AvgIpc) is 3.29. The van der Waals surface area contributed by atoms with Crippen molar-refractivity contribution in [1.82, 2.24) is 5.01 Å². The maximum atomic E-state index is 12.4. The van der Waals surface area contributed by atoms with E-state index in [1.807, 2.05) is 31.2 Å². The number of hydrogen-bond acceptors (Lipinski definition) is 8. The van der Waals surface area contributed by atoms with Gasteiger partial charge in [-0.3, -0.25) is 10.2 Å². The molecule has 4 rings (SSSR count). The van der Waals surface area contributed by atoms with Crippen molar-refractivity contribution in [1.29, 1.82) is 5.41 Å². The van der Waals surface area contributed by atoms with Crippen LogP contribution in [0.3, 0.4) is 0 Å². The number of hydrazone groups is 1. The number of hydrogen-bond donors (Lipinski definition) is 1. The van der Waals surface area contributed by atoms with Crippen LogP contribution in [0.1, 0.15) is 12.5 Å². The number of carbonyl (C=O) groups excluding carboxylic acids is 1. The highest BCUT2D eigenvalue weighted by Crippen LogP contribution is 2.31. The van der Waals surface area contributed by atoms with Crippen molar-refractivity contribution < 1.29 is 23.7 Å². The topological polar surface area (TPSA) is 106 Å². The number of nitrogens with one attached hydrogen (secondary N) is 1. The Bertz CT molecular complexity index is 1160. The van der Waals surface area contributed by atoms with Crippen LogP contribution in [0.2, 0.25) is 0 Å². The van der Waals surface area contributed by atoms with Gasteiger partial charge in [0, 0.05) is 0 Å². The van der Waals surface area contributed by atoms with Gasteiger partial charge < -0.3 is 18.9 Å². The van der Waals surface area contributed by atoms with Gasteiger partial charge in [0.25, 0.3) is 5.91 Å². The molecule has 2 aliphatic heterocycles. The fourth-order valence-electron chi connectivity index (χ4n) is 3.15. The SMILES string of the molecule is CCOc1cc(C=C2C(=N)N3N=CSC3=NC2=O)ccc1OCCOc1ccccc1OC. The number of benzene rings is 2. The molecule has 2 heterocycles. The van der Waals surface area contributed by atoms with Crippen molar-refractivity contribution >= 4 is 40.3 Å². The molecule has 2 aliphatic rings. The van der Waals surface area contributed by atoms with Crippen molar-refractivity contribution in [3.05, 3.63) is 53.6 Å². The Kier molecular flexibility index (Phi) is 6.94. The Balaban J connectivity index is 1.45. The van der Waals surface area contributed by atoms with Crippen LogP contribution in [-0.2, 0) is 4.79 Å².